The maximum Gasteiger partial charge on any atom is 0.311 e. The standard InChI is InChI=1S/C28H32N2O7S2/c1-15(2)39(34,35)37-17-9-10-18(21(14-17)36-7)19-11-12-20-24(30(6)27(33)28(4,5)29-20)23(19)26(32)25(31)22-13-8-16(3)38-22/h8-15,26,29,32H,1-7H3. The summed E-state index contributed by atoms with van der Waals surface area (Å²) >= 11 is 1.27. The van der Waals surface area contributed by atoms with Crippen molar-refractivity contribution >= 4 is 44.5 Å². The molecule has 4 rings (SSSR count). The zero-order valence-electron chi connectivity index (χ0n) is 22.9. The average Bonchev–Trinajstić information content (AvgIpc) is 3.31. The molecule has 208 valence electrons. The summed E-state index contributed by atoms with van der Waals surface area (Å²) < 4.78 is 35.5. The predicted molar refractivity (Wildman–Crippen MR) is 153 cm³/mol. The van der Waals surface area contributed by atoms with Gasteiger partial charge in [-0.3, -0.25) is 9.59 Å². The van der Waals surface area contributed by atoms with Gasteiger partial charge in [-0.2, -0.15) is 8.42 Å². The second-order valence-electron chi connectivity index (χ2n) is 10.2. The van der Waals surface area contributed by atoms with Crippen molar-refractivity contribution in [2.75, 3.05) is 24.4 Å². The highest BCUT2D eigenvalue weighted by Gasteiger charge is 2.41. The molecule has 9 nitrogen and oxygen atoms in total. The van der Waals surface area contributed by atoms with Crippen LogP contribution in [0, 0.1) is 6.92 Å². The Balaban J connectivity index is 1.93. The second kappa shape index (κ2) is 10.3. The molecule has 0 fully saturated rings. The van der Waals surface area contributed by atoms with Crippen LogP contribution < -0.4 is 19.1 Å². The molecule has 1 aliphatic heterocycles. The average molecular weight is 573 g/mol. The number of aryl methyl sites for hydroxylation is 1. The molecule has 0 radical (unpaired) electrons. The summed E-state index contributed by atoms with van der Waals surface area (Å²) in [7, 11) is -0.814. The number of hydrogen-bond donors (Lipinski definition) is 2. The van der Waals surface area contributed by atoms with E-state index in [0.717, 1.165) is 4.88 Å². The fraction of sp³-hybridized carbons (Fsp3) is 0.357. The molecule has 0 spiro atoms. The molecule has 1 amide bonds. The van der Waals surface area contributed by atoms with Crippen LogP contribution in [0.2, 0.25) is 0 Å². The lowest BCUT2D eigenvalue weighted by Crippen LogP contribution is -2.52. The van der Waals surface area contributed by atoms with Crippen LogP contribution in [-0.4, -0.2) is 50.2 Å². The number of Topliss-reactive ketones (excluding diaryl/α,β-unsaturated/α-hetero) is 1. The number of carbonyl (C=O) groups is 2. The number of nitrogens with one attached hydrogen (secondary N) is 1. The fourth-order valence-electron chi connectivity index (χ4n) is 4.50. The topological polar surface area (TPSA) is 122 Å². The van der Waals surface area contributed by atoms with Crippen molar-refractivity contribution < 1.29 is 32.0 Å². The smallest absolute Gasteiger partial charge is 0.311 e. The first-order valence-corrected chi connectivity index (χ1v) is 14.6. The Morgan fingerprint density at radius 2 is 1.77 bits per heavy atom. The third-order valence-corrected chi connectivity index (χ3v) is 9.19. The summed E-state index contributed by atoms with van der Waals surface area (Å²) in [6.45, 7) is 8.41. The van der Waals surface area contributed by atoms with Gasteiger partial charge in [0.15, 0.2) is 0 Å². The molecule has 0 saturated carbocycles. The Bertz CT molecular complexity index is 1560. The molecule has 2 heterocycles. The summed E-state index contributed by atoms with van der Waals surface area (Å²) in [6.07, 6.45) is -1.60. The van der Waals surface area contributed by atoms with Crippen LogP contribution in [0.25, 0.3) is 11.1 Å². The van der Waals surface area contributed by atoms with Gasteiger partial charge in [0.25, 0.3) is 5.91 Å². The van der Waals surface area contributed by atoms with Crippen molar-refractivity contribution in [1.29, 1.82) is 0 Å². The molecule has 0 bridgehead atoms. The van der Waals surface area contributed by atoms with E-state index >= 15 is 0 Å². The lowest BCUT2D eigenvalue weighted by Gasteiger charge is -2.40. The van der Waals surface area contributed by atoms with Crippen LogP contribution in [0.5, 0.6) is 11.5 Å². The van der Waals surface area contributed by atoms with Gasteiger partial charge >= 0.3 is 10.1 Å². The minimum atomic E-state index is -3.84. The van der Waals surface area contributed by atoms with E-state index in [2.05, 4.69) is 5.32 Å². The third kappa shape index (κ3) is 5.26. The van der Waals surface area contributed by atoms with Gasteiger partial charge in [-0.1, -0.05) is 6.07 Å². The van der Waals surface area contributed by atoms with Crippen LogP contribution in [0.1, 0.15) is 53.9 Å². The number of aliphatic hydroxyl groups is 1. The van der Waals surface area contributed by atoms with Gasteiger partial charge in [0, 0.05) is 29.1 Å². The zero-order chi connectivity index (χ0) is 28.9. The van der Waals surface area contributed by atoms with Crippen LogP contribution in [-0.2, 0) is 14.9 Å². The Kier molecular flexibility index (Phi) is 7.54. The number of nitrogens with zero attached hydrogens (tertiary/aromatic N) is 1. The molecular formula is C28H32N2O7S2. The summed E-state index contributed by atoms with van der Waals surface area (Å²) in [5, 5.41) is 14.0. The van der Waals surface area contributed by atoms with Crippen molar-refractivity contribution in [3.63, 3.8) is 0 Å². The van der Waals surface area contributed by atoms with Gasteiger partial charge in [0.05, 0.1) is 28.6 Å². The number of methoxy groups -OCH3 is 1. The maximum atomic E-state index is 13.5. The first-order chi connectivity index (χ1) is 18.2. The van der Waals surface area contributed by atoms with Gasteiger partial charge in [-0.15, -0.1) is 11.3 Å². The minimum absolute atomic E-state index is 0.0604. The fourth-order valence-corrected chi connectivity index (χ4v) is 5.90. The van der Waals surface area contributed by atoms with Crippen LogP contribution in [0.3, 0.4) is 0 Å². The van der Waals surface area contributed by atoms with Gasteiger partial charge in [0.1, 0.15) is 23.1 Å². The quantitative estimate of drug-likeness (QED) is 0.288. The minimum Gasteiger partial charge on any atom is -0.496 e. The highest BCUT2D eigenvalue weighted by molar-refractivity contribution is 7.87. The molecule has 2 N–H and O–H groups in total. The summed E-state index contributed by atoms with van der Waals surface area (Å²) in [5.41, 5.74) is 1.19. The zero-order valence-corrected chi connectivity index (χ0v) is 24.5. The first-order valence-electron chi connectivity index (χ1n) is 12.3. The van der Waals surface area contributed by atoms with Crippen molar-refractivity contribution in [2.45, 2.75) is 51.5 Å². The SMILES string of the molecule is COc1cc(OS(=O)(=O)C(C)C)ccc1-c1ccc2c(c1C(O)C(=O)c1ccc(C)s1)N(C)C(=O)C(C)(C)N2. The monoisotopic (exact) mass is 572 g/mol. The van der Waals surface area contributed by atoms with E-state index in [1.165, 1.54) is 49.3 Å². The van der Waals surface area contributed by atoms with E-state index in [9.17, 15) is 23.1 Å². The number of anilines is 2. The number of likely N-dealkylation sites (N-methyl/N-ethyl adjacent to an activating group) is 1. The van der Waals surface area contributed by atoms with Crippen molar-refractivity contribution in [2.24, 2.45) is 0 Å². The second-order valence-corrected chi connectivity index (χ2v) is 13.6. The number of hydrogen-bond acceptors (Lipinski definition) is 9. The Hall–Kier alpha value is -3.41. The number of aliphatic hydroxyl groups excluding tert-OH is 1. The van der Waals surface area contributed by atoms with E-state index in [1.807, 2.05) is 6.92 Å². The number of carbonyl (C=O) groups excluding carboxylic acids is 2. The predicted octanol–water partition coefficient (Wildman–Crippen LogP) is 4.93. The molecule has 0 saturated heterocycles. The van der Waals surface area contributed by atoms with Crippen LogP contribution in [0.4, 0.5) is 11.4 Å². The normalized spacial score (nSPS) is 15.5. The van der Waals surface area contributed by atoms with E-state index in [1.54, 1.807) is 51.2 Å². The highest BCUT2D eigenvalue weighted by Crippen LogP contribution is 2.47. The number of thiophene rings is 1. The molecular weight excluding hydrogens is 540 g/mol. The number of amides is 1. The summed E-state index contributed by atoms with van der Waals surface area (Å²) in [4.78, 5) is 29.5. The Labute approximate surface area is 232 Å². The van der Waals surface area contributed by atoms with Crippen LogP contribution >= 0.6 is 11.3 Å². The Morgan fingerprint density at radius 3 is 2.36 bits per heavy atom. The molecule has 3 aromatic rings. The van der Waals surface area contributed by atoms with Gasteiger partial charge < -0.3 is 24.2 Å². The van der Waals surface area contributed by atoms with Gasteiger partial charge in [-0.25, -0.2) is 0 Å². The third-order valence-electron chi connectivity index (χ3n) is 6.60. The highest BCUT2D eigenvalue weighted by atomic mass is 32.2. The Morgan fingerprint density at radius 1 is 1.10 bits per heavy atom. The molecule has 1 atom stereocenters. The molecule has 11 heteroatoms. The van der Waals surface area contributed by atoms with Gasteiger partial charge in [0.2, 0.25) is 5.78 Å². The molecule has 1 aliphatic rings. The van der Waals surface area contributed by atoms with Gasteiger partial charge in [-0.05, 0) is 70.5 Å². The van der Waals surface area contributed by atoms with Crippen molar-refractivity contribution in [1.82, 2.24) is 0 Å². The van der Waals surface area contributed by atoms with E-state index in [0.29, 0.717) is 27.4 Å². The number of ketones is 1. The number of rotatable bonds is 8. The number of ether oxygens (including phenoxy) is 1. The molecule has 0 aliphatic carbocycles. The largest absolute Gasteiger partial charge is 0.496 e. The molecule has 39 heavy (non-hydrogen) atoms. The van der Waals surface area contributed by atoms with Crippen molar-refractivity contribution in [3.05, 3.63) is 57.8 Å². The molecule has 1 unspecified atom stereocenters. The van der Waals surface area contributed by atoms with E-state index in [-0.39, 0.29) is 23.0 Å². The summed E-state index contributed by atoms with van der Waals surface area (Å²) in [5.74, 6) is -0.424. The van der Waals surface area contributed by atoms with E-state index < -0.39 is 32.8 Å². The summed E-state index contributed by atoms with van der Waals surface area (Å²) in [6, 6.07) is 11.5. The van der Waals surface area contributed by atoms with E-state index in [4.69, 9.17) is 8.92 Å². The lowest BCUT2D eigenvalue weighted by atomic mass is 9.88. The van der Waals surface area contributed by atoms with Crippen molar-refractivity contribution in [3.8, 4) is 22.6 Å². The molecule has 1 aromatic heterocycles. The lowest BCUT2D eigenvalue weighted by molar-refractivity contribution is -0.121. The first kappa shape index (κ1) is 28.6. The molecule has 2 aromatic carbocycles. The number of benzene rings is 2. The number of fused-ring (bicyclic) bond motifs is 1. The maximum absolute atomic E-state index is 13.5. The van der Waals surface area contributed by atoms with Crippen LogP contribution in [0.15, 0.2) is 42.5 Å².